The molecule has 6 heteroatoms. The van der Waals surface area contributed by atoms with Gasteiger partial charge in [0.2, 0.25) is 5.76 Å². The van der Waals surface area contributed by atoms with Gasteiger partial charge < -0.3 is 9.63 Å². The van der Waals surface area contributed by atoms with Crippen molar-refractivity contribution in [2.45, 2.75) is 26.2 Å². The number of carboxylic acid groups (broad SMARTS) is 1. The van der Waals surface area contributed by atoms with Crippen LogP contribution in [0.4, 0.5) is 0 Å². The Hall–Kier alpha value is -2.11. The number of aromatic carboxylic acids is 1. The second kappa shape index (κ2) is 3.73. The van der Waals surface area contributed by atoms with Crippen molar-refractivity contribution < 1.29 is 14.4 Å². The molecule has 0 aliphatic heterocycles. The Morgan fingerprint density at radius 3 is 2.71 bits per heavy atom. The van der Waals surface area contributed by atoms with Gasteiger partial charge in [-0.15, -0.1) is 0 Å². The Balaban J connectivity index is 2.47. The largest absolute Gasteiger partial charge is 0.475 e. The smallest absolute Gasteiger partial charge is 0.374 e. The van der Waals surface area contributed by atoms with Crippen molar-refractivity contribution in [3.63, 3.8) is 0 Å². The van der Waals surface area contributed by atoms with E-state index in [1.165, 1.54) is 6.07 Å². The van der Waals surface area contributed by atoms with E-state index in [4.69, 9.17) is 9.63 Å². The molecule has 2 aromatic rings. The lowest BCUT2D eigenvalue weighted by atomic mass is 9.89. The summed E-state index contributed by atoms with van der Waals surface area (Å²) in [5, 5.41) is 19.4. The van der Waals surface area contributed by atoms with Gasteiger partial charge in [-0.25, -0.2) is 4.79 Å². The van der Waals surface area contributed by atoms with E-state index in [0.29, 0.717) is 5.69 Å². The molecule has 0 aliphatic rings. The van der Waals surface area contributed by atoms with Crippen LogP contribution in [0.25, 0.3) is 11.3 Å². The van der Waals surface area contributed by atoms with Gasteiger partial charge in [-0.3, -0.25) is 5.10 Å². The van der Waals surface area contributed by atoms with E-state index in [0.717, 1.165) is 11.3 Å². The van der Waals surface area contributed by atoms with Crippen LogP contribution in [0, 0.1) is 0 Å². The fraction of sp³-hybridized carbons (Fsp3) is 0.364. The molecule has 0 radical (unpaired) electrons. The van der Waals surface area contributed by atoms with Crippen LogP contribution in [0.15, 0.2) is 16.8 Å². The quantitative estimate of drug-likeness (QED) is 0.831. The van der Waals surface area contributed by atoms with E-state index in [1.54, 1.807) is 6.20 Å². The molecule has 0 saturated heterocycles. The molecule has 0 fully saturated rings. The van der Waals surface area contributed by atoms with Crippen LogP contribution in [-0.4, -0.2) is 26.4 Å². The Labute approximate surface area is 97.6 Å². The minimum Gasteiger partial charge on any atom is -0.475 e. The van der Waals surface area contributed by atoms with Crippen LogP contribution in [0.5, 0.6) is 0 Å². The standard InChI is InChI=1S/C11H13N3O3/c1-11(2,3)9-6(5-12-13-9)7-4-8(10(15)16)17-14-7/h4-5H,1-3H3,(H,12,13)(H,15,16). The minimum atomic E-state index is -1.13. The van der Waals surface area contributed by atoms with Gasteiger partial charge in [0.05, 0.1) is 11.9 Å². The number of aromatic nitrogens is 3. The van der Waals surface area contributed by atoms with Gasteiger partial charge >= 0.3 is 5.97 Å². The predicted octanol–water partition coefficient (Wildman–Crippen LogP) is 2.06. The second-order valence-electron chi connectivity index (χ2n) is 4.79. The molecule has 0 unspecified atom stereocenters. The molecule has 0 spiro atoms. The fourth-order valence-electron chi connectivity index (χ4n) is 1.56. The zero-order valence-electron chi connectivity index (χ0n) is 9.81. The first kappa shape index (κ1) is 11.4. The van der Waals surface area contributed by atoms with E-state index >= 15 is 0 Å². The van der Waals surface area contributed by atoms with E-state index < -0.39 is 5.97 Å². The summed E-state index contributed by atoms with van der Waals surface area (Å²) in [6.45, 7) is 6.09. The molecule has 0 amide bonds. The van der Waals surface area contributed by atoms with E-state index in [2.05, 4.69) is 15.4 Å². The zero-order valence-corrected chi connectivity index (χ0v) is 9.81. The van der Waals surface area contributed by atoms with Gasteiger partial charge in [0.25, 0.3) is 0 Å². The fourth-order valence-corrected chi connectivity index (χ4v) is 1.56. The van der Waals surface area contributed by atoms with Crippen LogP contribution in [0.3, 0.4) is 0 Å². The molecule has 2 aromatic heterocycles. The molecule has 90 valence electrons. The van der Waals surface area contributed by atoms with Crippen molar-refractivity contribution >= 4 is 5.97 Å². The molecule has 2 N–H and O–H groups in total. The lowest BCUT2D eigenvalue weighted by Crippen LogP contribution is -2.13. The molecule has 0 aliphatic carbocycles. The summed E-state index contributed by atoms with van der Waals surface area (Å²) in [6.07, 6.45) is 1.62. The van der Waals surface area contributed by atoms with Crippen LogP contribution in [-0.2, 0) is 5.41 Å². The minimum absolute atomic E-state index is 0.131. The number of carboxylic acids is 1. The first-order chi connectivity index (χ1) is 7.89. The first-order valence-corrected chi connectivity index (χ1v) is 5.14. The van der Waals surface area contributed by atoms with Crippen molar-refractivity contribution in [1.82, 2.24) is 15.4 Å². The highest BCUT2D eigenvalue weighted by Gasteiger charge is 2.23. The average Bonchev–Trinajstić information content (AvgIpc) is 2.85. The van der Waals surface area contributed by atoms with E-state index in [1.807, 2.05) is 20.8 Å². The predicted molar refractivity (Wildman–Crippen MR) is 59.7 cm³/mol. The monoisotopic (exact) mass is 235 g/mol. The number of aromatic amines is 1. The third-order valence-corrected chi connectivity index (χ3v) is 2.39. The van der Waals surface area contributed by atoms with Crippen LogP contribution in [0.1, 0.15) is 37.0 Å². The maximum absolute atomic E-state index is 10.7. The average molecular weight is 235 g/mol. The van der Waals surface area contributed by atoms with Crippen molar-refractivity contribution in [3.05, 3.63) is 23.7 Å². The molecule has 2 heterocycles. The molecule has 0 saturated carbocycles. The summed E-state index contributed by atoms with van der Waals surface area (Å²) in [7, 11) is 0. The lowest BCUT2D eigenvalue weighted by molar-refractivity contribution is 0.0652. The molecule has 0 aromatic carbocycles. The highest BCUT2D eigenvalue weighted by molar-refractivity contribution is 5.85. The highest BCUT2D eigenvalue weighted by Crippen LogP contribution is 2.30. The van der Waals surface area contributed by atoms with Crippen molar-refractivity contribution in [1.29, 1.82) is 0 Å². The number of nitrogens with zero attached hydrogens (tertiary/aromatic N) is 2. The second-order valence-corrected chi connectivity index (χ2v) is 4.79. The van der Waals surface area contributed by atoms with Crippen LogP contribution >= 0.6 is 0 Å². The van der Waals surface area contributed by atoms with Crippen LogP contribution < -0.4 is 0 Å². The van der Waals surface area contributed by atoms with Gasteiger partial charge in [0.15, 0.2) is 0 Å². The summed E-state index contributed by atoms with van der Waals surface area (Å²) in [5.74, 6) is -1.31. The third kappa shape index (κ3) is 2.06. The molecular formula is C11H13N3O3. The Kier molecular flexibility index (Phi) is 2.49. The van der Waals surface area contributed by atoms with E-state index in [-0.39, 0.29) is 11.2 Å². The molecule has 2 rings (SSSR count). The Morgan fingerprint density at radius 2 is 2.18 bits per heavy atom. The third-order valence-electron chi connectivity index (χ3n) is 2.39. The molecule has 6 nitrogen and oxygen atoms in total. The first-order valence-electron chi connectivity index (χ1n) is 5.14. The summed E-state index contributed by atoms with van der Waals surface area (Å²) in [5.41, 5.74) is 1.99. The van der Waals surface area contributed by atoms with Crippen molar-refractivity contribution in [3.8, 4) is 11.3 Å². The maximum Gasteiger partial charge on any atom is 0.374 e. The SMILES string of the molecule is CC(C)(C)c1[nH]ncc1-c1cc(C(=O)O)on1. The van der Waals surface area contributed by atoms with E-state index in [9.17, 15) is 4.79 Å². The summed E-state index contributed by atoms with van der Waals surface area (Å²) >= 11 is 0. The summed E-state index contributed by atoms with van der Waals surface area (Å²) in [4.78, 5) is 10.7. The summed E-state index contributed by atoms with van der Waals surface area (Å²) < 4.78 is 4.73. The molecule has 17 heavy (non-hydrogen) atoms. The van der Waals surface area contributed by atoms with Gasteiger partial charge in [0.1, 0.15) is 5.69 Å². The molecular weight excluding hydrogens is 222 g/mol. The Morgan fingerprint density at radius 1 is 1.47 bits per heavy atom. The van der Waals surface area contributed by atoms with Gasteiger partial charge in [0, 0.05) is 17.0 Å². The number of rotatable bonds is 2. The highest BCUT2D eigenvalue weighted by atomic mass is 16.5. The number of carbonyl (C=O) groups is 1. The van der Waals surface area contributed by atoms with Gasteiger partial charge in [-0.05, 0) is 0 Å². The molecule has 0 bridgehead atoms. The maximum atomic E-state index is 10.7. The number of hydrogen-bond acceptors (Lipinski definition) is 4. The van der Waals surface area contributed by atoms with Crippen molar-refractivity contribution in [2.24, 2.45) is 0 Å². The van der Waals surface area contributed by atoms with Gasteiger partial charge in [-0.1, -0.05) is 25.9 Å². The zero-order chi connectivity index (χ0) is 12.6. The van der Waals surface area contributed by atoms with Crippen molar-refractivity contribution in [2.75, 3.05) is 0 Å². The lowest BCUT2D eigenvalue weighted by Gasteiger charge is -2.17. The van der Waals surface area contributed by atoms with Gasteiger partial charge in [-0.2, -0.15) is 5.10 Å². The number of hydrogen-bond donors (Lipinski definition) is 2. The summed E-state index contributed by atoms with van der Waals surface area (Å²) in [6, 6.07) is 1.39. The molecule has 0 atom stereocenters. The topological polar surface area (TPSA) is 92.0 Å². The number of H-pyrrole nitrogens is 1. The Bertz CT molecular complexity index is 548. The number of nitrogens with one attached hydrogen (secondary N) is 1. The normalized spacial score (nSPS) is 11.7. The van der Waals surface area contributed by atoms with Crippen LogP contribution in [0.2, 0.25) is 0 Å².